The molecule has 1 atom stereocenters. The molecular weight excluding hydrogens is 276 g/mol. The minimum Gasteiger partial charge on any atom is -0.482 e. The van der Waals surface area contributed by atoms with Crippen molar-refractivity contribution in [3.05, 3.63) is 28.8 Å². The van der Waals surface area contributed by atoms with Crippen LogP contribution in [0.2, 0.25) is 5.02 Å². The minimum absolute atomic E-state index is 0.0324. The van der Waals surface area contributed by atoms with E-state index in [1.54, 1.807) is 12.1 Å². The van der Waals surface area contributed by atoms with Crippen molar-refractivity contribution < 1.29 is 9.53 Å². The number of nitrogens with one attached hydrogen (secondary N) is 1. The highest BCUT2D eigenvalue weighted by molar-refractivity contribution is 6.32. The molecule has 20 heavy (non-hydrogen) atoms. The van der Waals surface area contributed by atoms with E-state index in [1.807, 2.05) is 13.0 Å². The molecule has 0 aliphatic carbocycles. The van der Waals surface area contributed by atoms with Crippen molar-refractivity contribution in [3.63, 3.8) is 0 Å². The van der Waals surface area contributed by atoms with Gasteiger partial charge in [0, 0.05) is 12.6 Å². The molecule has 1 rings (SSSR count). The van der Waals surface area contributed by atoms with Crippen LogP contribution < -0.4 is 15.8 Å². The predicted octanol–water partition coefficient (Wildman–Crippen LogP) is 2.90. The van der Waals surface area contributed by atoms with Crippen LogP contribution in [-0.2, 0) is 4.79 Å². The Morgan fingerprint density at radius 3 is 2.65 bits per heavy atom. The lowest BCUT2D eigenvalue weighted by Crippen LogP contribution is -2.30. The van der Waals surface area contributed by atoms with Crippen molar-refractivity contribution in [1.29, 1.82) is 0 Å². The second-order valence-corrected chi connectivity index (χ2v) is 5.71. The lowest BCUT2D eigenvalue weighted by molar-refractivity contribution is -0.123. The van der Waals surface area contributed by atoms with Gasteiger partial charge in [0.05, 0.1) is 5.02 Å². The van der Waals surface area contributed by atoms with Crippen LogP contribution in [0, 0.1) is 5.92 Å². The fraction of sp³-hybridized carbons (Fsp3) is 0.533. The molecule has 112 valence electrons. The lowest BCUT2D eigenvalue weighted by atomic mass is 10.1. The van der Waals surface area contributed by atoms with Crippen molar-refractivity contribution in [2.45, 2.75) is 33.2 Å². The molecule has 5 heteroatoms. The zero-order valence-corrected chi connectivity index (χ0v) is 13.0. The summed E-state index contributed by atoms with van der Waals surface area (Å²) in [6.45, 7) is 6.74. The first-order valence-electron chi connectivity index (χ1n) is 6.84. The summed E-state index contributed by atoms with van der Waals surface area (Å²) in [5.74, 6) is 0.921. The summed E-state index contributed by atoms with van der Waals surface area (Å²) in [6, 6.07) is 5.27. The summed E-state index contributed by atoms with van der Waals surface area (Å²) in [7, 11) is 0. The molecule has 0 bridgehead atoms. The van der Waals surface area contributed by atoms with Gasteiger partial charge in [0.1, 0.15) is 5.75 Å². The summed E-state index contributed by atoms with van der Waals surface area (Å²) in [6.07, 6.45) is 0.954. The Hall–Kier alpha value is -1.26. The van der Waals surface area contributed by atoms with Crippen LogP contribution in [0.15, 0.2) is 18.2 Å². The molecule has 0 saturated heterocycles. The standard InChI is InChI=1S/C15H23ClN2O2/c1-10(2)6-7-18-15(19)9-20-14-5-4-12(11(3)17)8-13(14)16/h4-5,8,10-11H,6-7,9,17H2,1-3H3,(H,18,19). The van der Waals surface area contributed by atoms with Crippen molar-refractivity contribution in [2.75, 3.05) is 13.2 Å². The number of nitrogens with two attached hydrogens (primary N) is 1. The predicted molar refractivity (Wildman–Crippen MR) is 82.0 cm³/mol. The second-order valence-electron chi connectivity index (χ2n) is 5.30. The van der Waals surface area contributed by atoms with E-state index in [0.29, 0.717) is 23.2 Å². The number of benzene rings is 1. The Morgan fingerprint density at radius 2 is 2.10 bits per heavy atom. The molecule has 0 fully saturated rings. The average molecular weight is 299 g/mol. The summed E-state index contributed by atoms with van der Waals surface area (Å²) in [5.41, 5.74) is 6.70. The quantitative estimate of drug-likeness (QED) is 0.813. The number of carbonyl (C=O) groups excluding carboxylic acids is 1. The molecule has 0 radical (unpaired) electrons. The van der Waals surface area contributed by atoms with Gasteiger partial charge in [-0.05, 0) is 37.0 Å². The highest BCUT2D eigenvalue weighted by Crippen LogP contribution is 2.27. The number of hydrogen-bond donors (Lipinski definition) is 2. The summed E-state index contributed by atoms with van der Waals surface area (Å²) < 4.78 is 5.41. The van der Waals surface area contributed by atoms with E-state index in [0.717, 1.165) is 12.0 Å². The van der Waals surface area contributed by atoms with Crippen LogP contribution >= 0.6 is 11.6 Å². The normalized spacial score (nSPS) is 12.3. The molecule has 0 aromatic heterocycles. The largest absolute Gasteiger partial charge is 0.482 e. The van der Waals surface area contributed by atoms with Crippen LogP contribution in [-0.4, -0.2) is 19.1 Å². The van der Waals surface area contributed by atoms with Crippen LogP contribution in [0.1, 0.15) is 38.8 Å². The molecular formula is C15H23ClN2O2. The molecule has 0 aliphatic heterocycles. The van der Waals surface area contributed by atoms with Gasteiger partial charge in [0.2, 0.25) is 0 Å². The fourth-order valence-electron chi connectivity index (χ4n) is 1.61. The molecule has 1 unspecified atom stereocenters. The Kier molecular flexibility index (Phi) is 6.82. The van der Waals surface area contributed by atoms with Crippen LogP contribution in [0.4, 0.5) is 0 Å². The molecule has 4 nitrogen and oxygen atoms in total. The van der Waals surface area contributed by atoms with Gasteiger partial charge in [-0.15, -0.1) is 0 Å². The van der Waals surface area contributed by atoms with Gasteiger partial charge in [-0.3, -0.25) is 4.79 Å². The first-order valence-corrected chi connectivity index (χ1v) is 7.22. The van der Waals surface area contributed by atoms with Crippen molar-refractivity contribution in [2.24, 2.45) is 11.7 Å². The summed E-state index contributed by atoms with van der Waals surface area (Å²) in [4.78, 5) is 11.6. The highest BCUT2D eigenvalue weighted by Gasteiger charge is 2.08. The van der Waals surface area contributed by atoms with E-state index in [2.05, 4.69) is 19.2 Å². The van der Waals surface area contributed by atoms with E-state index < -0.39 is 0 Å². The average Bonchev–Trinajstić information content (AvgIpc) is 2.36. The molecule has 0 spiro atoms. The second kappa shape index (κ2) is 8.12. The SMILES string of the molecule is CC(C)CCNC(=O)COc1ccc(C(C)N)cc1Cl. The highest BCUT2D eigenvalue weighted by atomic mass is 35.5. The van der Waals surface area contributed by atoms with Crippen LogP contribution in [0.3, 0.4) is 0 Å². The van der Waals surface area contributed by atoms with Gasteiger partial charge in [-0.2, -0.15) is 0 Å². The molecule has 1 aromatic carbocycles. The first kappa shape index (κ1) is 16.8. The maximum absolute atomic E-state index is 11.6. The Morgan fingerprint density at radius 1 is 1.40 bits per heavy atom. The number of carbonyl (C=O) groups is 1. The number of rotatable bonds is 7. The van der Waals surface area contributed by atoms with E-state index in [-0.39, 0.29) is 18.6 Å². The number of hydrogen-bond acceptors (Lipinski definition) is 3. The van der Waals surface area contributed by atoms with Crippen molar-refractivity contribution >= 4 is 17.5 Å². The van der Waals surface area contributed by atoms with E-state index in [4.69, 9.17) is 22.1 Å². The van der Waals surface area contributed by atoms with Gasteiger partial charge in [-0.25, -0.2) is 0 Å². The summed E-state index contributed by atoms with van der Waals surface area (Å²) >= 11 is 6.09. The van der Waals surface area contributed by atoms with Gasteiger partial charge in [-0.1, -0.05) is 31.5 Å². The minimum atomic E-state index is -0.141. The molecule has 0 aliphatic rings. The maximum Gasteiger partial charge on any atom is 0.257 e. The molecule has 0 heterocycles. The smallest absolute Gasteiger partial charge is 0.257 e. The number of halogens is 1. The zero-order valence-electron chi connectivity index (χ0n) is 12.3. The lowest BCUT2D eigenvalue weighted by Gasteiger charge is -2.11. The van der Waals surface area contributed by atoms with E-state index in [1.165, 1.54) is 0 Å². The molecule has 3 N–H and O–H groups in total. The van der Waals surface area contributed by atoms with E-state index >= 15 is 0 Å². The third-order valence-corrected chi connectivity index (χ3v) is 3.18. The first-order chi connectivity index (χ1) is 9.40. The third-order valence-electron chi connectivity index (χ3n) is 2.88. The Balaban J connectivity index is 2.43. The van der Waals surface area contributed by atoms with Gasteiger partial charge >= 0.3 is 0 Å². The Labute approximate surface area is 125 Å². The van der Waals surface area contributed by atoms with Crippen molar-refractivity contribution in [1.82, 2.24) is 5.32 Å². The monoisotopic (exact) mass is 298 g/mol. The molecule has 1 aromatic rings. The maximum atomic E-state index is 11.6. The number of ether oxygens (including phenoxy) is 1. The number of amides is 1. The van der Waals surface area contributed by atoms with Gasteiger partial charge in [0.25, 0.3) is 5.91 Å². The molecule has 1 amide bonds. The van der Waals surface area contributed by atoms with Crippen LogP contribution in [0.5, 0.6) is 5.75 Å². The van der Waals surface area contributed by atoms with Gasteiger partial charge < -0.3 is 15.8 Å². The topological polar surface area (TPSA) is 64.3 Å². The van der Waals surface area contributed by atoms with Gasteiger partial charge in [0.15, 0.2) is 6.61 Å². The summed E-state index contributed by atoms with van der Waals surface area (Å²) in [5, 5.41) is 3.27. The fourth-order valence-corrected chi connectivity index (χ4v) is 1.86. The van der Waals surface area contributed by atoms with Crippen LogP contribution in [0.25, 0.3) is 0 Å². The Bertz CT molecular complexity index is 447. The van der Waals surface area contributed by atoms with Crippen molar-refractivity contribution in [3.8, 4) is 5.75 Å². The third kappa shape index (κ3) is 5.80. The van der Waals surface area contributed by atoms with E-state index in [9.17, 15) is 4.79 Å². The zero-order chi connectivity index (χ0) is 15.1. The molecule has 0 saturated carbocycles.